The van der Waals surface area contributed by atoms with Crippen LogP contribution in [0.4, 0.5) is 8.78 Å². The van der Waals surface area contributed by atoms with Crippen LogP contribution >= 0.6 is 0 Å². The fraction of sp³-hybridized carbons (Fsp3) is 0.0667. The van der Waals surface area contributed by atoms with E-state index >= 15 is 0 Å². The average molecular weight is 304 g/mol. The number of ether oxygens (including phenoxy) is 1. The minimum absolute atomic E-state index is 0.122. The summed E-state index contributed by atoms with van der Waals surface area (Å²) < 4.78 is 31.5. The molecule has 0 aliphatic heterocycles. The first-order chi connectivity index (χ1) is 10.5. The van der Waals surface area contributed by atoms with Crippen molar-refractivity contribution in [2.45, 2.75) is 6.61 Å². The van der Waals surface area contributed by atoms with E-state index in [0.717, 1.165) is 29.3 Å². The lowest BCUT2D eigenvalue weighted by molar-refractivity contribution is 0.302. The molecule has 0 atom stereocenters. The molecule has 2 aromatic rings. The van der Waals surface area contributed by atoms with Crippen LogP contribution in [-0.4, -0.2) is 12.2 Å². The smallest absolute Gasteiger partial charge is 0.211 e. The van der Waals surface area contributed by atoms with Crippen molar-refractivity contribution in [2.75, 3.05) is 0 Å². The monoisotopic (exact) mass is 304 g/mol. The number of rotatable bonds is 5. The number of benzene rings is 2. The first kappa shape index (κ1) is 15.4. The van der Waals surface area contributed by atoms with Crippen LogP contribution < -0.4 is 16.2 Å². The van der Waals surface area contributed by atoms with E-state index in [1.807, 2.05) is 6.07 Å². The molecular formula is C15H14F2N4O. The maximum Gasteiger partial charge on any atom is 0.211 e. The summed E-state index contributed by atoms with van der Waals surface area (Å²) in [6.45, 7) is 0.160. The van der Waals surface area contributed by atoms with Gasteiger partial charge in [0.2, 0.25) is 5.96 Å². The van der Waals surface area contributed by atoms with Gasteiger partial charge in [0, 0.05) is 18.2 Å². The van der Waals surface area contributed by atoms with Gasteiger partial charge in [-0.1, -0.05) is 18.2 Å². The number of halogens is 2. The van der Waals surface area contributed by atoms with Gasteiger partial charge in [0.1, 0.15) is 24.0 Å². The third-order valence-electron chi connectivity index (χ3n) is 2.57. The zero-order valence-corrected chi connectivity index (χ0v) is 11.5. The molecule has 114 valence electrons. The minimum atomic E-state index is -0.687. The molecule has 0 bridgehead atoms. The zero-order valence-electron chi connectivity index (χ0n) is 11.5. The Kier molecular flexibility index (Phi) is 5.02. The molecule has 0 aliphatic carbocycles. The van der Waals surface area contributed by atoms with Gasteiger partial charge in [-0.15, -0.1) is 5.10 Å². The van der Waals surface area contributed by atoms with Crippen LogP contribution in [0.1, 0.15) is 11.1 Å². The zero-order chi connectivity index (χ0) is 15.9. The normalized spacial score (nSPS) is 10.6. The maximum atomic E-state index is 13.1. The highest BCUT2D eigenvalue weighted by Gasteiger charge is 2.02. The third-order valence-corrected chi connectivity index (χ3v) is 2.57. The van der Waals surface area contributed by atoms with Crippen LogP contribution in [0, 0.1) is 11.6 Å². The van der Waals surface area contributed by atoms with Crippen molar-refractivity contribution < 1.29 is 13.5 Å². The van der Waals surface area contributed by atoms with Gasteiger partial charge in [-0.2, -0.15) is 5.10 Å². The van der Waals surface area contributed by atoms with Crippen LogP contribution in [0.3, 0.4) is 0 Å². The molecule has 2 rings (SSSR count). The van der Waals surface area contributed by atoms with Crippen LogP contribution in [0.25, 0.3) is 0 Å². The van der Waals surface area contributed by atoms with Crippen LogP contribution in [0.2, 0.25) is 0 Å². The molecule has 0 amide bonds. The van der Waals surface area contributed by atoms with Crippen LogP contribution in [0.15, 0.2) is 52.7 Å². The largest absolute Gasteiger partial charge is 0.489 e. The predicted octanol–water partition coefficient (Wildman–Crippen LogP) is 2.15. The molecular weight excluding hydrogens is 290 g/mol. The van der Waals surface area contributed by atoms with E-state index < -0.39 is 11.6 Å². The Morgan fingerprint density at radius 2 is 1.82 bits per heavy atom. The van der Waals surface area contributed by atoms with Crippen molar-refractivity contribution in [3.05, 3.63) is 65.2 Å². The maximum absolute atomic E-state index is 13.1. The molecule has 22 heavy (non-hydrogen) atoms. The van der Waals surface area contributed by atoms with E-state index in [1.165, 1.54) is 6.21 Å². The van der Waals surface area contributed by atoms with E-state index in [9.17, 15) is 8.78 Å². The van der Waals surface area contributed by atoms with Gasteiger partial charge in [-0.25, -0.2) is 8.78 Å². The van der Waals surface area contributed by atoms with E-state index in [4.69, 9.17) is 16.2 Å². The summed E-state index contributed by atoms with van der Waals surface area (Å²) in [5.74, 6) is -1.39. The lowest BCUT2D eigenvalue weighted by Gasteiger charge is -2.07. The molecule has 0 aromatic heterocycles. The average Bonchev–Trinajstić information content (AvgIpc) is 2.44. The fourth-order valence-corrected chi connectivity index (χ4v) is 1.70. The summed E-state index contributed by atoms with van der Waals surface area (Å²) in [7, 11) is 0. The van der Waals surface area contributed by atoms with Crippen molar-refractivity contribution in [2.24, 2.45) is 21.7 Å². The van der Waals surface area contributed by atoms with Gasteiger partial charge < -0.3 is 16.2 Å². The Balaban J connectivity index is 2.04. The first-order valence-electron chi connectivity index (χ1n) is 6.33. The Hall–Kier alpha value is -2.96. The number of hydrogen-bond acceptors (Lipinski definition) is 3. The quantitative estimate of drug-likeness (QED) is 0.504. The van der Waals surface area contributed by atoms with Crippen LogP contribution in [-0.2, 0) is 6.61 Å². The molecule has 0 fully saturated rings. The third kappa shape index (κ3) is 4.86. The van der Waals surface area contributed by atoms with Crippen molar-refractivity contribution in [1.82, 2.24) is 0 Å². The van der Waals surface area contributed by atoms with Gasteiger partial charge in [0.25, 0.3) is 0 Å². The van der Waals surface area contributed by atoms with Crippen LogP contribution in [0.5, 0.6) is 5.75 Å². The summed E-state index contributed by atoms with van der Waals surface area (Å²) in [5.41, 5.74) is 11.9. The summed E-state index contributed by atoms with van der Waals surface area (Å²) >= 11 is 0. The Labute approximate surface area is 125 Å². The Morgan fingerprint density at radius 1 is 1.09 bits per heavy atom. The fourth-order valence-electron chi connectivity index (χ4n) is 1.70. The van der Waals surface area contributed by atoms with Crippen molar-refractivity contribution in [3.63, 3.8) is 0 Å². The van der Waals surface area contributed by atoms with E-state index in [0.29, 0.717) is 0 Å². The second-order valence-electron chi connectivity index (χ2n) is 4.41. The minimum Gasteiger partial charge on any atom is -0.489 e. The number of nitrogens with zero attached hydrogens (tertiary/aromatic N) is 2. The molecule has 0 radical (unpaired) electrons. The molecule has 0 heterocycles. The lowest BCUT2D eigenvalue weighted by atomic mass is 10.1. The van der Waals surface area contributed by atoms with Gasteiger partial charge in [0.05, 0.1) is 6.21 Å². The molecule has 0 spiro atoms. The van der Waals surface area contributed by atoms with Crippen molar-refractivity contribution in [3.8, 4) is 5.75 Å². The second kappa shape index (κ2) is 7.16. The summed E-state index contributed by atoms with van der Waals surface area (Å²) in [6.07, 6.45) is 1.48. The van der Waals surface area contributed by atoms with Crippen molar-refractivity contribution in [1.29, 1.82) is 0 Å². The molecule has 0 aliphatic rings. The first-order valence-corrected chi connectivity index (χ1v) is 6.33. The topological polar surface area (TPSA) is 86.0 Å². The molecule has 0 saturated carbocycles. The highest BCUT2D eigenvalue weighted by Crippen LogP contribution is 2.17. The Morgan fingerprint density at radius 3 is 2.50 bits per heavy atom. The van der Waals surface area contributed by atoms with Gasteiger partial charge in [-0.05, 0) is 17.2 Å². The second-order valence-corrected chi connectivity index (χ2v) is 4.41. The molecule has 7 heteroatoms. The van der Waals surface area contributed by atoms with Crippen molar-refractivity contribution >= 4 is 12.2 Å². The standard InChI is InChI=1S/C15H14F2N4O/c16-12-5-13(17)7-14(6-12)22-9-11-3-1-2-10(4-11)8-20-21-15(18)19/h1-8H,9H2,(H4,18,19,21). The molecule has 5 nitrogen and oxygen atoms in total. The van der Waals surface area contributed by atoms with Gasteiger partial charge >= 0.3 is 0 Å². The summed E-state index contributed by atoms with van der Waals surface area (Å²) in [5, 5.41) is 7.19. The van der Waals surface area contributed by atoms with E-state index in [-0.39, 0.29) is 18.3 Å². The van der Waals surface area contributed by atoms with Gasteiger partial charge in [-0.3, -0.25) is 0 Å². The van der Waals surface area contributed by atoms with E-state index in [2.05, 4.69) is 10.2 Å². The SMILES string of the molecule is NC(N)=NN=Cc1cccc(COc2cc(F)cc(F)c2)c1. The molecule has 0 unspecified atom stereocenters. The molecule has 0 saturated heterocycles. The highest BCUT2D eigenvalue weighted by molar-refractivity contribution is 5.81. The summed E-state index contributed by atoms with van der Waals surface area (Å²) in [4.78, 5) is 0. The lowest BCUT2D eigenvalue weighted by Crippen LogP contribution is -2.21. The number of guanidine groups is 1. The highest BCUT2D eigenvalue weighted by atomic mass is 19.1. The molecule has 4 N–H and O–H groups in total. The Bertz CT molecular complexity index is 692. The molecule has 2 aromatic carbocycles. The predicted molar refractivity (Wildman–Crippen MR) is 80.5 cm³/mol. The summed E-state index contributed by atoms with van der Waals surface area (Å²) in [6, 6.07) is 10.2. The van der Waals surface area contributed by atoms with Gasteiger partial charge in [0.15, 0.2) is 0 Å². The number of hydrogen-bond donors (Lipinski definition) is 2. The number of nitrogens with two attached hydrogens (primary N) is 2. The van der Waals surface area contributed by atoms with E-state index in [1.54, 1.807) is 18.2 Å².